The molecular weight excluding hydrogens is 911 g/mol. The number of unbranched alkanes of at least 4 members (excludes halogenated alkanes) is 16. The van der Waals surface area contributed by atoms with E-state index in [4.69, 9.17) is 18.9 Å². The summed E-state index contributed by atoms with van der Waals surface area (Å²) in [5.74, 6) is -2.32. The number of ether oxygens (including phenoxy) is 4. The molecule has 2 atom stereocenters. The molecule has 414 valence electrons. The minimum atomic E-state index is -1.63. The maximum atomic E-state index is 12.9. The highest BCUT2D eigenvalue weighted by Crippen LogP contribution is 2.14. The third-order valence-electron chi connectivity index (χ3n) is 11.7. The molecule has 0 bridgehead atoms. The number of hydrogen-bond donors (Lipinski definition) is 0. The van der Waals surface area contributed by atoms with Crippen molar-refractivity contribution in [2.75, 3.05) is 47.5 Å². The van der Waals surface area contributed by atoms with E-state index in [0.29, 0.717) is 17.4 Å². The zero-order valence-electron chi connectivity index (χ0n) is 47.0. The monoisotopic (exact) mass is 1020 g/mol. The van der Waals surface area contributed by atoms with E-state index in [-0.39, 0.29) is 38.6 Å². The maximum Gasteiger partial charge on any atom is 0.306 e. The number of allylic oxidation sites excluding steroid dienone is 20. The minimum absolute atomic E-state index is 0.137. The van der Waals surface area contributed by atoms with Crippen LogP contribution in [-0.2, 0) is 33.3 Å². The Morgan fingerprint density at radius 3 is 1.10 bits per heavy atom. The molecule has 2 unspecified atom stereocenters. The van der Waals surface area contributed by atoms with Gasteiger partial charge in [0, 0.05) is 12.8 Å². The zero-order valence-corrected chi connectivity index (χ0v) is 47.0. The number of quaternary nitrogens is 1. The number of aliphatic carboxylic acids is 1. The van der Waals surface area contributed by atoms with Gasteiger partial charge in [0.2, 0.25) is 0 Å². The molecule has 9 nitrogen and oxygen atoms in total. The molecule has 0 spiro atoms. The molecule has 0 saturated heterocycles. The zero-order chi connectivity index (χ0) is 53.4. The number of likely N-dealkylation sites (N-methyl/N-ethyl adjacent to an activating group) is 1. The van der Waals surface area contributed by atoms with Crippen LogP contribution in [-0.4, -0.2) is 82.3 Å². The van der Waals surface area contributed by atoms with Crippen LogP contribution in [0, 0.1) is 0 Å². The molecule has 0 heterocycles. The lowest BCUT2D eigenvalue weighted by Gasteiger charge is -2.26. The van der Waals surface area contributed by atoms with Gasteiger partial charge in [0.1, 0.15) is 13.2 Å². The first-order chi connectivity index (χ1) is 35.6. The molecule has 0 N–H and O–H groups in total. The van der Waals surface area contributed by atoms with Gasteiger partial charge >= 0.3 is 11.9 Å². The normalized spacial score (nSPS) is 13.7. The summed E-state index contributed by atoms with van der Waals surface area (Å²) in [7, 11) is 5.90. The Morgan fingerprint density at radius 1 is 0.411 bits per heavy atom. The molecule has 0 aliphatic carbocycles. The Bertz CT molecular complexity index is 1610. The molecule has 0 aliphatic rings. The lowest BCUT2D eigenvalue weighted by molar-refractivity contribution is -0.870. The molecule has 0 aromatic rings. The predicted octanol–water partition coefficient (Wildman–Crippen LogP) is 15.6. The van der Waals surface area contributed by atoms with Crippen LogP contribution < -0.4 is 5.11 Å². The fraction of sp³-hybridized carbons (Fsp3) is 0.641. The van der Waals surface area contributed by atoms with Crippen LogP contribution in [0.3, 0.4) is 0 Å². The molecule has 0 aromatic heterocycles. The summed E-state index contributed by atoms with van der Waals surface area (Å²) < 4.78 is 22.7. The minimum Gasteiger partial charge on any atom is -0.545 e. The van der Waals surface area contributed by atoms with E-state index in [2.05, 4.69) is 135 Å². The largest absolute Gasteiger partial charge is 0.545 e. The van der Waals surface area contributed by atoms with Gasteiger partial charge < -0.3 is 33.3 Å². The van der Waals surface area contributed by atoms with Crippen molar-refractivity contribution in [1.29, 1.82) is 0 Å². The first kappa shape index (κ1) is 68.7. The molecule has 0 fully saturated rings. The molecule has 0 rings (SSSR count). The topological polar surface area (TPSA) is 111 Å². The van der Waals surface area contributed by atoms with Crippen molar-refractivity contribution >= 4 is 17.9 Å². The highest BCUT2D eigenvalue weighted by Gasteiger charge is 2.22. The average molecular weight is 1020 g/mol. The molecule has 0 aromatic carbocycles. The van der Waals surface area contributed by atoms with Gasteiger partial charge in [-0.1, -0.05) is 212 Å². The second kappa shape index (κ2) is 54.0. The Balaban J connectivity index is 4.34. The first-order valence-electron chi connectivity index (χ1n) is 28.7. The summed E-state index contributed by atoms with van der Waals surface area (Å²) in [4.78, 5) is 37.3. The van der Waals surface area contributed by atoms with E-state index < -0.39 is 24.3 Å². The van der Waals surface area contributed by atoms with Gasteiger partial charge in [-0.2, -0.15) is 0 Å². The number of carboxylic acid groups (broad SMARTS) is 1. The first-order valence-corrected chi connectivity index (χ1v) is 28.7. The Morgan fingerprint density at radius 2 is 0.740 bits per heavy atom. The molecule has 0 saturated carbocycles. The molecule has 73 heavy (non-hydrogen) atoms. The molecule has 9 heteroatoms. The molecule has 0 amide bonds. The van der Waals surface area contributed by atoms with Gasteiger partial charge in [-0.05, 0) is 103 Å². The van der Waals surface area contributed by atoms with Gasteiger partial charge in [-0.25, -0.2) is 0 Å². The molecular formula is C64H105NO8. The van der Waals surface area contributed by atoms with Crippen molar-refractivity contribution in [3.63, 3.8) is 0 Å². The van der Waals surface area contributed by atoms with E-state index in [1.54, 1.807) is 0 Å². The van der Waals surface area contributed by atoms with Crippen LogP contribution in [0.15, 0.2) is 122 Å². The van der Waals surface area contributed by atoms with Gasteiger partial charge in [-0.15, -0.1) is 0 Å². The third-order valence-corrected chi connectivity index (χ3v) is 11.7. The summed E-state index contributed by atoms with van der Waals surface area (Å²) in [6.45, 7) is 4.48. The van der Waals surface area contributed by atoms with E-state index in [1.165, 1.54) is 38.5 Å². The second-order valence-corrected chi connectivity index (χ2v) is 19.8. The number of nitrogens with zero attached hydrogens (tertiary/aromatic N) is 1. The van der Waals surface area contributed by atoms with Crippen LogP contribution in [0.1, 0.15) is 206 Å². The average Bonchev–Trinajstić information content (AvgIpc) is 3.36. The highest BCUT2D eigenvalue weighted by molar-refractivity contribution is 5.70. The lowest BCUT2D eigenvalue weighted by Crippen LogP contribution is -2.44. The number of carbonyl (C=O) groups is 3. The third kappa shape index (κ3) is 55.3. The van der Waals surface area contributed by atoms with E-state index in [0.717, 1.165) is 135 Å². The number of esters is 2. The van der Waals surface area contributed by atoms with Crippen LogP contribution in [0.2, 0.25) is 0 Å². The van der Waals surface area contributed by atoms with Crippen LogP contribution in [0.4, 0.5) is 0 Å². The summed E-state index contributed by atoms with van der Waals surface area (Å²) in [5, 5.41) is 11.8. The summed E-state index contributed by atoms with van der Waals surface area (Å²) in [6.07, 6.45) is 72.3. The predicted molar refractivity (Wildman–Crippen MR) is 306 cm³/mol. The van der Waals surface area contributed by atoms with E-state index in [1.807, 2.05) is 21.1 Å². The summed E-state index contributed by atoms with van der Waals surface area (Å²) in [5.41, 5.74) is 0. The van der Waals surface area contributed by atoms with Crippen molar-refractivity contribution in [3.8, 4) is 0 Å². The van der Waals surface area contributed by atoms with E-state index in [9.17, 15) is 19.5 Å². The van der Waals surface area contributed by atoms with Crippen LogP contribution in [0.5, 0.6) is 0 Å². The SMILES string of the molecule is CC/C=C\C/C=C\C/C=C\C/C=C\C/C=C\C/C=C\CCCCCCCCC(=O)OC(COC(=O)CCCCCCCCCCCC/C=C\C/C=C\C/C=C\C/C=C\CC)COC(OCC[N+](C)(C)C)C(=O)[O-]. The van der Waals surface area contributed by atoms with Crippen molar-refractivity contribution in [2.24, 2.45) is 0 Å². The molecule has 0 aliphatic heterocycles. The van der Waals surface area contributed by atoms with E-state index >= 15 is 0 Å². The molecule has 0 radical (unpaired) electrons. The Kier molecular flexibility index (Phi) is 50.8. The quantitative estimate of drug-likeness (QED) is 0.0195. The van der Waals surface area contributed by atoms with Crippen molar-refractivity contribution in [1.82, 2.24) is 0 Å². The highest BCUT2D eigenvalue weighted by atomic mass is 16.7. The Hall–Kier alpha value is -4.31. The van der Waals surface area contributed by atoms with Crippen molar-refractivity contribution < 1.29 is 42.9 Å². The smallest absolute Gasteiger partial charge is 0.306 e. The van der Waals surface area contributed by atoms with Crippen molar-refractivity contribution in [3.05, 3.63) is 122 Å². The fourth-order valence-corrected chi connectivity index (χ4v) is 7.35. The maximum absolute atomic E-state index is 12.9. The number of hydrogen-bond acceptors (Lipinski definition) is 8. The fourth-order valence-electron chi connectivity index (χ4n) is 7.35. The standard InChI is InChI=1S/C64H105NO8/c1-6-8-10-12-14-16-18-20-22-24-26-28-30-31-33-35-37-39-41-43-45-47-49-51-53-55-62(67)73-60(59-72-64(63(68)69)70-57-56-65(3,4)5)58-71-61(66)54-52-50-48-46-44-42-40-38-36-34-32-29-27-25-23-21-19-17-15-13-11-9-7-2/h8-11,14-17,20-23,26-29,31,33,37,39,60,64H,6-7,12-13,18-19,24-25,30,32,34-36,38,40-59H2,1-5H3/b10-8-,11-9-,16-14-,17-15-,22-20-,23-21-,28-26-,29-27-,33-31-,39-37-. The lowest BCUT2D eigenvalue weighted by atomic mass is 10.1. The van der Waals surface area contributed by atoms with Crippen molar-refractivity contribution in [2.45, 2.75) is 219 Å². The van der Waals surface area contributed by atoms with Gasteiger partial charge in [0.25, 0.3) is 0 Å². The van der Waals surface area contributed by atoms with Gasteiger partial charge in [0.05, 0.1) is 40.3 Å². The second-order valence-electron chi connectivity index (χ2n) is 19.8. The van der Waals surface area contributed by atoms with Gasteiger partial charge in [-0.3, -0.25) is 9.59 Å². The van der Waals surface area contributed by atoms with Crippen LogP contribution in [0.25, 0.3) is 0 Å². The number of rotatable bonds is 51. The number of carbonyl (C=O) groups excluding carboxylic acids is 3. The Labute approximate surface area is 447 Å². The summed E-state index contributed by atoms with van der Waals surface area (Å²) in [6, 6.07) is 0. The summed E-state index contributed by atoms with van der Waals surface area (Å²) >= 11 is 0. The van der Waals surface area contributed by atoms with Crippen LogP contribution >= 0.6 is 0 Å². The van der Waals surface area contributed by atoms with Gasteiger partial charge in [0.15, 0.2) is 12.4 Å². The number of carboxylic acids is 1.